The molecule has 210 valence electrons. The molecule has 40 heavy (non-hydrogen) atoms. The molecule has 2 amide bonds. The van der Waals surface area contributed by atoms with Crippen LogP contribution in [0.4, 0.5) is 4.79 Å². The molecule has 0 heterocycles. The van der Waals surface area contributed by atoms with Crippen LogP contribution in [0.3, 0.4) is 0 Å². The van der Waals surface area contributed by atoms with E-state index in [0.717, 1.165) is 27.8 Å². The van der Waals surface area contributed by atoms with Gasteiger partial charge in [0.15, 0.2) is 6.04 Å². The monoisotopic (exact) mass is 544 g/mol. The van der Waals surface area contributed by atoms with E-state index in [-0.39, 0.29) is 32.0 Å². The number of nitrogens with one attached hydrogen (secondary N) is 2. The van der Waals surface area contributed by atoms with Crippen molar-refractivity contribution in [3.05, 3.63) is 95.6 Å². The second-order valence-corrected chi connectivity index (χ2v) is 10.7. The molecular weight excluding hydrogens is 508 g/mol. The van der Waals surface area contributed by atoms with Crippen LogP contribution in [0.25, 0.3) is 11.1 Å². The molecule has 2 atom stereocenters. The highest BCUT2D eigenvalue weighted by Gasteiger charge is 2.31. The first kappa shape index (κ1) is 28.8. The molecule has 3 aromatic carbocycles. The van der Waals surface area contributed by atoms with Gasteiger partial charge in [0.25, 0.3) is 0 Å². The average Bonchev–Trinajstić information content (AvgIpc) is 3.26. The standard InChI is InChI=1S/C32H36N2O6/c1-21(39-19-22-11-5-4-6-12-22)29(30(36)37)33-28(35)17-18-32(2,3)34-31(38)40-20-27-25-15-9-7-13-23(25)24-14-8-10-16-26(24)27/h4-16,21,27,29H,17-20H2,1-3H3,(H,33,35)(H,34,38)(H,36,37)/t21-,29+/m0/s1. The zero-order chi connectivity index (χ0) is 28.7. The van der Waals surface area contributed by atoms with Crippen molar-refractivity contribution in [2.24, 2.45) is 0 Å². The van der Waals surface area contributed by atoms with Crippen LogP contribution in [0.15, 0.2) is 78.9 Å². The summed E-state index contributed by atoms with van der Waals surface area (Å²) in [6, 6.07) is 24.4. The van der Waals surface area contributed by atoms with Crippen molar-refractivity contribution >= 4 is 18.0 Å². The quantitative estimate of drug-likeness (QED) is 0.287. The molecule has 0 saturated heterocycles. The van der Waals surface area contributed by atoms with Gasteiger partial charge in [-0.25, -0.2) is 9.59 Å². The molecule has 4 rings (SSSR count). The molecule has 8 heteroatoms. The normalized spacial score (nSPS) is 14.0. The number of carboxylic acids is 1. The van der Waals surface area contributed by atoms with Crippen LogP contribution in [0.5, 0.6) is 0 Å². The zero-order valence-electron chi connectivity index (χ0n) is 23.1. The zero-order valence-corrected chi connectivity index (χ0v) is 23.1. The number of carbonyl (C=O) groups excluding carboxylic acids is 2. The van der Waals surface area contributed by atoms with Crippen LogP contribution in [0, 0.1) is 0 Å². The lowest BCUT2D eigenvalue weighted by Crippen LogP contribution is -2.49. The van der Waals surface area contributed by atoms with Crippen molar-refractivity contribution in [2.75, 3.05) is 6.61 Å². The molecule has 0 aliphatic heterocycles. The van der Waals surface area contributed by atoms with Crippen LogP contribution in [-0.4, -0.2) is 47.4 Å². The van der Waals surface area contributed by atoms with Crippen molar-refractivity contribution in [3.63, 3.8) is 0 Å². The van der Waals surface area contributed by atoms with Gasteiger partial charge in [-0.15, -0.1) is 0 Å². The number of fused-ring (bicyclic) bond motifs is 3. The number of aliphatic carboxylic acids is 1. The molecule has 0 bridgehead atoms. The summed E-state index contributed by atoms with van der Waals surface area (Å²) in [4.78, 5) is 37.1. The maximum absolute atomic E-state index is 12.7. The predicted molar refractivity (Wildman–Crippen MR) is 152 cm³/mol. The van der Waals surface area contributed by atoms with E-state index in [1.165, 1.54) is 0 Å². The van der Waals surface area contributed by atoms with Gasteiger partial charge in [-0.3, -0.25) is 4.79 Å². The van der Waals surface area contributed by atoms with Crippen molar-refractivity contribution in [1.29, 1.82) is 0 Å². The number of carbonyl (C=O) groups is 3. The number of ether oxygens (including phenoxy) is 2. The molecule has 3 aromatic rings. The Bertz CT molecular complexity index is 1290. The Morgan fingerprint density at radius 3 is 2.08 bits per heavy atom. The molecule has 1 aliphatic carbocycles. The summed E-state index contributed by atoms with van der Waals surface area (Å²) in [6.45, 7) is 5.63. The van der Waals surface area contributed by atoms with E-state index in [1.54, 1.807) is 20.8 Å². The molecule has 3 N–H and O–H groups in total. The molecule has 0 radical (unpaired) electrons. The largest absolute Gasteiger partial charge is 0.480 e. The smallest absolute Gasteiger partial charge is 0.407 e. The topological polar surface area (TPSA) is 114 Å². The minimum Gasteiger partial charge on any atom is -0.480 e. The lowest BCUT2D eigenvalue weighted by atomic mass is 9.98. The van der Waals surface area contributed by atoms with Crippen LogP contribution in [0.2, 0.25) is 0 Å². The fraction of sp³-hybridized carbons (Fsp3) is 0.344. The molecular formula is C32H36N2O6. The molecule has 0 fully saturated rings. The van der Waals surface area contributed by atoms with Gasteiger partial charge in [-0.05, 0) is 55.0 Å². The van der Waals surface area contributed by atoms with Crippen molar-refractivity contribution in [3.8, 4) is 11.1 Å². The first-order chi connectivity index (χ1) is 19.1. The van der Waals surface area contributed by atoms with Gasteiger partial charge in [-0.1, -0.05) is 78.9 Å². The van der Waals surface area contributed by atoms with Gasteiger partial charge >= 0.3 is 12.1 Å². The average molecular weight is 545 g/mol. The van der Waals surface area contributed by atoms with Crippen molar-refractivity contribution < 1.29 is 29.0 Å². The van der Waals surface area contributed by atoms with Crippen LogP contribution in [0.1, 0.15) is 56.2 Å². The fourth-order valence-corrected chi connectivity index (χ4v) is 4.92. The van der Waals surface area contributed by atoms with Gasteiger partial charge in [0, 0.05) is 17.9 Å². The number of alkyl carbamates (subject to hydrolysis) is 1. The molecule has 1 aliphatic rings. The molecule has 0 unspecified atom stereocenters. The van der Waals surface area contributed by atoms with Crippen LogP contribution >= 0.6 is 0 Å². The Morgan fingerprint density at radius 1 is 0.900 bits per heavy atom. The Morgan fingerprint density at radius 2 is 1.48 bits per heavy atom. The molecule has 0 saturated carbocycles. The second kappa shape index (κ2) is 12.8. The van der Waals surface area contributed by atoms with Gasteiger partial charge < -0.3 is 25.2 Å². The number of amides is 2. The predicted octanol–water partition coefficient (Wildman–Crippen LogP) is 5.26. The highest BCUT2D eigenvalue weighted by Crippen LogP contribution is 2.44. The number of hydrogen-bond donors (Lipinski definition) is 3. The summed E-state index contributed by atoms with van der Waals surface area (Å²) in [5, 5.41) is 15.0. The summed E-state index contributed by atoms with van der Waals surface area (Å²) in [7, 11) is 0. The minimum atomic E-state index is -1.20. The summed E-state index contributed by atoms with van der Waals surface area (Å²) >= 11 is 0. The third kappa shape index (κ3) is 7.27. The van der Waals surface area contributed by atoms with Crippen molar-refractivity contribution in [1.82, 2.24) is 10.6 Å². The van der Waals surface area contributed by atoms with E-state index in [2.05, 4.69) is 34.9 Å². The molecule has 0 aromatic heterocycles. The highest BCUT2D eigenvalue weighted by molar-refractivity contribution is 5.84. The SMILES string of the molecule is C[C@H](OCc1ccccc1)[C@@H](NC(=O)CCC(C)(C)NC(=O)OCC1c2ccccc2-c2ccccc21)C(=O)O. The third-order valence-electron chi connectivity index (χ3n) is 7.17. The van der Waals surface area contributed by atoms with Gasteiger partial charge in [0.1, 0.15) is 6.61 Å². The number of benzene rings is 3. The fourth-order valence-electron chi connectivity index (χ4n) is 4.92. The van der Waals surface area contributed by atoms with E-state index in [1.807, 2.05) is 54.6 Å². The maximum atomic E-state index is 12.7. The maximum Gasteiger partial charge on any atom is 0.407 e. The number of hydrogen-bond acceptors (Lipinski definition) is 5. The van der Waals surface area contributed by atoms with E-state index >= 15 is 0 Å². The summed E-state index contributed by atoms with van der Waals surface area (Å²) < 4.78 is 11.3. The Labute approximate surface area is 234 Å². The summed E-state index contributed by atoms with van der Waals surface area (Å²) in [5.74, 6) is -1.67. The lowest BCUT2D eigenvalue weighted by molar-refractivity contribution is -0.146. The molecule has 0 spiro atoms. The summed E-state index contributed by atoms with van der Waals surface area (Å²) in [6.07, 6.45) is -1.01. The number of rotatable bonds is 12. The Hall–Kier alpha value is -4.17. The Balaban J connectivity index is 1.25. The first-order valence-electron chi connectivity index (χ1n) is 13.5. The van der Waals surface area contributed by atoms with E-state index in [0.29, 0.717) is 0 Å². The van der Waals surface area contributed by atoms with Crippen molar-refractivity contribution in [2.45, 2.75) is 63.8 Å². The minimum absolute atomic E-state index is 0.0197. The number of carboxylic acid groups (broad SMARTS) is 1. The first-order valence-corrected chi connectivity index (χ1v) is 13.5. The van der Waals surface area contributed by atoms with E-state index in [9.17, 15) is 19.5 Å². The van der Waals surface area contributed by atoms with Crippen LogP contribution < -0.4 is 10.6 Å². The second-order valence-electron chi connectivity index (χ2n) is 10.7. The van der Waals surface area contributed by atoms with Gasteiger partial charge in [0.05, 0.1) is 12.7 Å². The molecule has 8 nitrogen and oxygen atoms in total. The Kier molecular flexibility index (Phi) is 9.22. The van der Waals surface area contributed by atoms with Gasteiger partial charge in [-0.2, -0.15) is 0 Å². The van der Waals surface area contributed by atoms with Gasteiger partial charge in [0.2, 0.25) is 5.91 Å². The third-order valence-corrected chi connectivity index (χ3v) is 7.17. The van der Waals surface area contributed by atoms with E-state index < -0.39 is 35.7 Å². The van der Waals surface area contributed by atoms with Crippen LogP contribution in [-0.2, 0) is 25.7 Å². The summed E-state index contributed by atoms with van der Waals surface area (Å²) in [5.41, 5.74) is 4.71. The van der Waals surface area contributed by atoms with E-state index in [4.69, 9.17) is 9.47 Å². The lowest BCUT2D eigenvalue weighted by Gasteiger charge is -2.27. The highest BCUT2D eigenvalue weighted by atomic mass is 16.5.